The number of nitrogens with one attached hydrogen (secondary N) is 2. The Morgan fingerprint density at radius 2 is 1.28 bits per heavy atom. The van der Waals surface area contributed by atoms with Gasteiger partial charge in [0.05, 0.1) is 22.7 Å². The number of nitrogens with zero attached hydrogens (tertiary/aromatic N) is 12. The predicted molar refractivity (Wildman–Crippen MR) is 175 cm³/mol. The molecule has 7 aromatic rings. The van der Waals surface area contributed by atoms with Crippen LogP contribution in [0.5, 0.6) is 0 Å². The van der Waals surface area contributed by atoms with Gasteiger partial charge in [-0.25, -0.2) is 34.0 Å². The second kappa shape index (κ2) is 14.6. The number of fused-ring (bicyclic) bond motifs is 3. The monoisotopic (exact) mass is 618 g/mol. The predicted octanol–water partition coefficient (Wildman–Crippen LogP) is 1.42. The van der Waals surface area contributed by atoms with Gasteiger partial charge in [-0.2, -0.15) is 20.6 Å². The van der Waals surface area contributed by atoms with E-state index in [1.165, 1.54) is 0 Å². The zero-order chi connectivity index (χ0) is 32.5. The first-order valence-electron chi connectivity index (χ1n) is 14.4. The normalized spacial score (nSPS) is 11.9. The summed E-state index contributed by atoms with van der Waals surface area (Å²) >= 11 is 0. The number of hydrogen-bond donors (Lipinski definition) is 4. The molecule has 0 unspecified atom stereocenters. The fourth-order valence-corrected chi connectivity index (χ4v) is 4.66. The molecule has 16 heteroatoms. The molecule has 0 amide bonds. The average molecular weight is 619 g/mol. The van der Waals surface area contributed by atoms with E-state index in [0.29, 0.717) is 18.8 Å². The second-order valence-corrected chi connectivity index (χ2v) is 9.82. The molecule has 0 radical (unpaired) electrons. The van der Waals surface area contributed by atoms with Crippen LogP contribution in [-0.2, 0) is 21.1 Å². The molecule has 1 aliphatic heterocycles. The lowest BCUT2D eigenvalue weighted by Crippen LogP contribution is -2.20. The molecule has 7 aromatic heterocycles. The lowest BCUT2D eigenvalue weighted by molar-refractivity contribution is 0.781. The van der Waals surface area contributed by atoms with Crippen molar-refractivity contribution < 1.29 is 0 Å². The van der Waals surface area contributed by atoms with Crippen LogP contribution in [0.3, 0.4) is 0 Å². The summed E-state index contributed by atoms with van der Waals surface area (Å²) in [7, 11) is 5.55. The molecule has 0 aromatic carbocycles. The summed E-state index contributed by atoms with van der Waals surface area (Å²) in [6.07, 6.45) is 8.72. The summed E-state index contributed by atoms with van der Waals surface area (Å²) < 4.78 is 5.15. The van der Waals surface area contributed by atoms with Crippen LogP contribution in [-0.4, -0.2) is 86.3 Å². The van der Waals surface area contributed by atoms with Gasteiger partial charge < -0.3 is 21.8 Å². The van der Waals surface area contributed by atoms with Crippen LogP contribution in [0.4, 0.5) is 0 Å². The maximum atomic E-state index is 8.70. The Labute approximate surface area is 263 Å². The number of aryl methyl sites for hydroxylation is 3. The Kier molecular flexibility index (Phi) is 9.97. The molecule has 16 nitrogen and oxygen atoms in total. The number of hydrogen-bond acceptors (Lipinski definition) is 12. The van der Waals surface area contributed by atoms with Gasteiger partial charge in [-0.3, -0.25) is 4.99 Å². The van der Waals surface area contributed by atoms with E-state index in [-0.39, 0.29) is 0 Å². The molecule has 46 heavy (non-hydrogen) atoms. The van der Waals surface area contributed by atoms with Gasteiger partial charge in [0.2, 0.25) is 0 Å². The van der Waals surface area contributed by atoms with Crippen LogP contribution in [0, 0.1) is 11.3 Å². The van der Waals surface area contributed by atoms with Crippen molar-refractivity contribution in [1.82, 2.24) is 59.6 Å². The number of aliphatic imine (C=N–C) groups is 1. The molecule has 0 fully saturated rings. The molecule has 0 spiro atoms. The van der Waals surface area contributed by atoms with Crippen molar-refractivity contribution in [2.24, 2.45) is 37.6 Å². The van der Waals surface area contributed by atoms with E-state index < -0.39 is 0 Å². The maximum Gasteiger partial charge on any atom is 0.171 e. The van der Waals surface area contributed by atoms with Gasteiger partial charge in [-0.15, -0.1) is 0 Å². The first-order chi connectivity index (χ1) is 22.5. The molecule has 8 heterocycles. The van der Waals surface area contributed by atoms with Gasteiger partial charge in [0.15, 0.2) is 28.5 Å². The third-order valence-electron chi connectivity index (χ3n) is 6.69. The minimum atomic E-state index is 0.431. The number of rotatable bonds is 3. The summed E-state index contributed by atoms with van der Waals surface area (Å²) in [6.45, 7) is 2.92. The number of H-pyrrole nitrogens is 1. The molecule has 0 aliphatic carbocycles. The fourth-order valence-electron chi connectivity index (χ4n) is 4.66. The molecule has 234 valence electrons. The van der Waals surface area contributed by atoms with Gasteiger partial charge in [0, 0.05) is 71.8 Å². The van der Waals surface area contributed by atoms with Crippen molar-refractivity contribution in [2.45, 2.75) is 0 Å². The third-order valence-corrected chi connectivity index (χ3v) is 6.69. The van der Waals surface area contributed by atoms with Gasteiger partial charge in [-0.05, 0) is 36.4 Å². The van der Waals surface area contributed by atoms with Crippen LogP contribution in [0.25, 0.3) is 44.6 Å². The van der Waals surface area contributed by atoms with Crippen molar-refractivity contribution in [1.29, 1.82) is 5.26 Å². The number of amidine groups is 1. The van der Waals surface area contributed by atoms with Crippen LogP contribution >= 0.6 is 0 Å². The zero-order valence-electron chi connectivity index (χ0n) is 25.7. The van der Waals surface area contributed by atoms with Crippen molar-refractivity contribution in [2.75, 3.05) is 26.2 Å². The van der Waals surface area contributed by atoms with Gasteiger partial charge >= 0.3 is 0 Å². The second-order valence-electron chi connectivity index (χ2n) is 9.82. The molecule has 8 rings (SSSR count). The molecular weight excluding hydrogens is 584 g/mol. The zero-order valence-corrected chi connectivity index (χ0v) is 25.7. The maximum absolute atomic E-state index is 8.70. The summed E-state index contributed by atoms with van der Waals surface area (Å²) in [5.74, 6) is 1.65. The summed E-state index contributed by atoms with van der Waals surface area (Å²) in [4.78, 5) is 24.3. The van der Waals surface area contributed by atoms with Crippen molar-refractivity contribution in [3.8, 4) is 17.6 Å². The number of imidazole rings is 1. The number of aromatic nitrogens is 11. The number of nitriles is 1. The highest BCUT2D eigenvalue weighted by molar-refractivity contribution is 6.07. The minimum absolute atomic E-state index is 0.431. The van der Waals surface area contributed by atoms with E-state index in [2.05, 4.69) is 50.5 Å². The average Bonchev–Trinajstić information content (AvgIpc) is 3.94. The van der Waals surface area contributed by atoms with Crippen molar-refractivity contribution >= 4 is 38.9 Å². The molecule has 0 saturated carbocycles. The SMILES string of the molecule is Cn1nc(-c2ncc[nH]2)c2cccnc21.Cn1nc(C#N)c2cccnc21.Cn1nc(C2=NCCN2)c2cccnc21.NCCN. The molecule has 0 atom stereocenters. The Morgan fingerprint density at radius 1 is 0.739 bits per heavy atom. The van der Waals surface area contributed by atoms with E-state index >= 15 is 0 Å². The van der Waals surface area contributed by atoms with E-state index in [1.807, 2.05) is 50.5 Å². The van der Waals surface area contributed by atoms with Crippen LogP contribution in [0.2, 0.25) is 0 Å². The van der Waals surface area contributed by atoms with E-state index in [0.717, 1.165) is 69.2 Å². The number of pyridine rings is 3. The van der Waals surface area contributed by atoms with Gasteiger partial charge in [-0.1, -0.05) is 0 Å². The van der Waals surface area contributed by atoms with Crippen molar-refractivity contribution in [3.05, 3.63) is 78.8 Å². The Bertz CT molecular complexity index is 2110. The van der Waals surface area contributed by atoms with E-state index in [4.69, 9.17) is 16.7 Å². The Hall–Kier alpha value is -6.05. The smallest absolute Gasteiger partial charge is 0.171 e. The van der Waals surface area contributed by atoms with Crippen LogP contribution in [0.15, 0.2) is 72.4 Å². The highest BCUT2D eigenvalue weighted by atomic mass is 15.3. The molecule has 0 bridgehead atoms. The topological polar surface area (TPSA) is 221 Å². The number of nitrogens with two attached hydrogens (primary N) is 2. The van der Waals surface area contributed by atoms with Gasteiger partial charge in [0.1, 0.15) is 23.3 Å². The highest BCUT2D eigenvalue weighted by Crippen LogP contribution is 2.23. The lowest BCUT2D eigenvalue weighted by Gasteiger charge is -1.96. The fraction of sp³-hybridized carbons (Fsp3) is 0.233. The van der Waals surface area contributed by atoms with E-state index in [9.17, 15) is 0 Å². The first kappa shape index (κ1) is 31.4. The molecule has 1 aliphatic rings. The van der Waals surface area contributed by atoms with Crippen LogP contribution in [0.1, 0.15) is 11.4 Å². The largest absolute Gasteiger partial charge is 0.367 e. The Balaban J connectivity index is 0.000000129. The summed E-state index contributed by atoms with van der Waals surface area (Å²) in [5.41, 5.74) is 14.5. The number of aromatic amines is 1. The van der Waals surface area contributed by atoms with Crippen LogP contribution < -0.4 is 16.8 Å². The summed E-state index contributed by atoms with van der Waals surface area (Å²) in [5, 5.41) is 27.6. The molecular formula is C30H34N16. The highest BCUT2D eigenvalue weighted by Gasteiger charge is 2.16. The van der Waals surface area contributed by atoms with Crippen molar-refractivity contribution in [3.63, 3.8) is 0 Å². The standard InChI is InChI=1S/C10H11N5.C10H9N5.C8H6N4.C2H8N2/c2*1-15-10-7(3-2-4-13-10)8(14-15)9-11-5-6-12-9;1-12-8-6(3-2-4-10-8)7(5-9)11-12;3-1-2-4/h2-4H,5-6H2,1H3,(H,11,12);2-6H,1H3,(H,11,12);2-4H,1H3;1-4H2. The van der Waals surface area contributed by atoms with E-state index in [1.54, 1.807) is 58.1 Å². The molecule has 6 N–H and O–H groups in total. The first-order valence-corrected chi connectivity index (χ1v) is 14.4. The van der Waals surface area contributed by atoms with Gasteiger partial charge in [0.25, 0.3) is 0 Å². The third kappa shape index (κ3) is 6.70. The Morgan fingerprint density at radius 3 is 1.80 bits per heavy atom. The lowest BCUT2D eigenvalue weighted by atomic mass is 10.2. The minimum Gasteiger partial charge on any atom is -0.367 e. The molecule has 0 saturated heterocycles. The summed E-state index contributed by atoms with van der Waals surface area (Å²) in [6, 6.07) is 13.5. The quantitative estimate of drug-likeness (QED) is 0.222.